The second-order valence-corrected chi connectivity index (χ2v) is 6.77. The number of amides is 1. The summed E-state index contributed by atoms with van der Waals surface area (Å²) < 4.78 is 36.5. The lowest BCUT2D eigenvalue weighted by Gasteiger charge is -2.13. The van der Waals surface area contributed by atoms with Crippen LogP contribution >= 0.6 is 0 Å². The summed E-state index contributed by atoms with van der Waals surface area (Å²) in [6, 6.07) is 4.75. The third kappa shape index (κ3) is 6.93. The topological polar surface area (TPSA) is 111 Å². The van der Waals surface area contributed by atoms with Crippen molar-refractivity contribution in [1.82, 2.24) is 10.0 Å². The van der Waals surface area contributed by atoms with Crippen LogP contribution < -0.4 is 10.0 Å². The minimum Gasteiger partial charge on any atom is -0.452 e. The number of carbonyl (C=O) groups is 2. The van der Waals surface area contributed by atoms with Gasteiger partial charge in [-0.1, -0.05) is 5.92 Å². The molecule has 1 aromatic rings. The number of nitrogens with one attached hydrogen (secondary N) is 2. The fraction of sp³-hybridized carbons (Fsp3) is 0.375. The quantitative estimate of drug-likeness (QED) is 0.465. The Morgan fingerprint density at radius 3 is 2.48 bits per heavy atom. The lowest BCUT2D eigenvalue weighted by atomic mass is 10.2. The molecule has 0 aliphatic carbocycles. The molecule has 0 unspecified atom stereocenters. The summed E-state index contributed by atoms with van der Waals surface area (Å²) in [5.41, 5.74) is 0.119. The van der Waals surface area contributed by atoms with E-state index >= 15 is 0 Å². The molecule has 9 heteroatoms. The average molecular weight is 368 g/mol. The van der Waals surface area contributed by atoms with Crippen molar-refractivity contribution in [1.29, 1.82) is 0 Å². The Morgan fingerprint density at radius 2 is 1.92 bits per heavy atom. The number of esters is 1. The highest BCUT2D eigenvalue weighted by atomic mass is 32.2. The molecule has 0 aliphatic rings. The minimum absolute atomic E-state index is 0.00114. The highest BCUT2D eigenvalue weighted by molar-refractivity contribution is 7.89. The molecule has 1 rings (SSSR count). The van der Waals surface area contributed by atoms with Crippen LogP contribution in [0.3, 0.4) is 0 Å². The molecular formula is C16H20N2O6S. The van der Waals surface area contributed by atoms with Crippen LogP contribution in [0, 0.1) is 12.3 Å². The van der Waals surface area contributed by atoms with E-state index in [2.05, 4.69) is 16.0 Å². The van der Waals surface area contributed by atoms with E-state index in [-0.39, 0.29) is 23.6 Å². The summed E-state index contributed by atoms with van der Waals surface area (Å²) in [5, 5.41) is 2.35. The average Bonchev–Trinajstić information content (AvgIpc) is 2.57. The Labute approximate surface area is 146 Å². The molecule has 0 saturated carbocycles. The Hall–Kier alpha value is -2.41. The van der Waals surface area contributed by atoms with Gasteiger partial charge in [0.25, 0.3) is 5.91 Å². The molecule has 2 N–H and O–H groups in total. The van der Waals surface area contributed by atoms with E-state index in [1.165, 1.54) is 31.4 Å². The van der Waals surface area contributed by atoms with E-state index in [4.69, 9.17) is 15.9 Å². The number of hydrogen-bond donors (Lipinski definition) is 2. The van der Waals surface area contributed by atoms with Crippen LogP contribution in [-0.4, -0.2) is 53.2 Å². The van der Waals surface area contributed by atoms with Crippen LogP contribution in [0.25, 0.3) is 0 Å². The monoisotopic (exact) mass is 368 g/mol. The van der Waals surface area contributed by atoms with Gasteiger partial charge in [-0.2, -0.15) is 0 Å². The number of methoxy groups -OCH3 is 1. The third-order valence-corrected chi connectivity index (χ3v) is 4.50. The number of sulfonamides is 1. The van der Waals surface area contributed by atoms with Gasteiger partial charge in [-0.3, -0.25) is 4.79 Å². The number of ether oxygens (including phenoxy) is 2. The molecule has 8 nitrogen and oxygen atoms in total. The lowest BCUT2D eigenvalue weighted by Crippen LogP contribution is -2.35. The first-order valence-corrected chi connectivity index (χ1v) is 8.77. The van der Waals surface area contributed by atoms with E-state index in [0.29, 0.717) is 0 Å². The van der Waals surface area contributed by atoms with Crippen molar-refractivity contribution in [2.75, 3.05) is 26.9 Å². The molecule has 0 aromatic heterocycles. The van der Waals surface area contributed by atoms with Gasteiger partial charge in [0.2, 0.25) is 10.0 Å². The summed E-state index contributed by atoms with van der Waals surface area (Å²) in [4.78, 5) is 23.1. The van der Waals surface area contributed by atoms with E-state index in [0.717, 1.165) is 0 Å². The highest BCUT2D eigenvalue weighted by Crippen LogP contribution is 2.12. The van der Waals surface area contributed by atoms with E-state index in [1.54, 1.807) is 6.92 Å². The fourth-order valence-corrected chi connectivity index (χ4v) is 3.03. The first-order chi connectivity index (χ1) is 11.8. The Morgan fingerprint density at radius 1 is 1.28 bits per heavy atom. The normalized spacial score (nSPS) is 12.0. The zero-order valence-corrected chi connectivity index (χ0v) is 14.8. The lowest BCUT2D eigenvalue weighted by molar-refractivity contribution is -0.123. The summed E-state index contributed by atoms with van der Waals surface area (Å²) in [7, 11) is -2.25. The van der Waals surface area contributed by atoms with Gasteiger partial charge in [0.1, 0.15) is 0 Å². The summed E-state index contributed by atoms with van der Waals surface area (Å²) in [6.45, 7) is 1.46. The fourth-order valence-electron chi connectivity index (χ4n) is 1.80. The van der Waals surface area contributed by atoms with E-state index in [1.807, 2.05) is 0 Å². The zero-order valence-electron chi connectivity index (χ0n) is 13.9. The first-order valence-electron chi connectivity index (χ1n) is 7.28. The number of rotatable bonds is 9. The standard InChI is InChI=1S/C16H20N2O6S/c1-4-9-17-15(19)11-24-16(20)13-5-7-14(8-6-13)25(21,22)18-12(2)10-23-3/h1,5-8,12,18H,9-11H2,2-3H3,(H,17,19)/t12-/m0/s1. The molecule has 0 fully saturated rings. The van der Waals surface area contributed by atoms with Crippen molar-refractivity contribution in [2.24, 2.45) is 0 Å². The molecule has 25 heavy (non-hydrogen) atoms. The summed E-state index contributed by atoms with van der Waals surface area (Å²) >= 11 is 0. The van der Waals surface area contributed by atoms with Crippen LogP contribution in [0.4, 0.5) is 0 Å². The first kappa shape index (κ1) is 20.6. The van der Waals surface area contributed by atoms with E-state index < -0.39 is 34.5 Å². The zero-order chi connectivity index (χ0) is 18.9. The van der Waals surface area contributed by atoms with Crippen LogP contribution in [-0.2, 0) is 24.3 Å². The van der Waals surface area contributed by atoms with Crippen molar-refractivity contribution in [3.8, 4) is 12.3 Å². The SMILES string of the molecule is C#CCNC(=O)COC(=O)c1ccc(S(=O)(=O)N[C@@H](C)COC)cc1. The second kappa shape index (κ2) is 9.78. The number of benzene rings is 1. The van der Waals surface area contributed by atoms with Gasteiger partial charge in [0, 0.05) is 13.2 Å². The minimum atomic E-state index is -3.73. The molecule has 1 amide bonds. The summed E-state index contributed by atoms with van der Waals surface area (Å²) in [5.74, 6) is 0.941. The van der Waals surface area contributed by atoms with Gasteiger partial charge in [-0.25, -0.2) is 17.9 Å². The summed E-state index contributed by atoms with van der Waals surface area (Å²) in [6.07, 6.45) is 4.99. The molecule has 1 aromatic carbocycles. The highest BCUT2D eigenvalue weighted by Gasteiger charge is 2.18. The Kier molecular flexibility index (Phi) is 8.07. The maximum absolute atomic E-state index is 12.2. The molecular weight excluding hydrogens is 348 g/mol. The van der Waals surface area contributed by atoms with Gasteiger partial charge in [-0.05, 0) is 31.2 Å². The van der Waals surface area contributed by atoms with Crippen molar-refractivity contribution in [3.05, 3.63) is 29.8 Å². The van der Waals surface area contributed by atoms with Crippen LogP contribution in [0.15, 0.2) is 29.2 Å². The maximum atomic E-state index is 12.2. The van der Waals surface area contributed by atoms with Gasteiger partial charge in [0.05, 0.1) is 23.6 Å². The smallest absolute Gasteiger partial charge is 0.338 e. The van der Waals surface area contributed by atoms with Crippen molar-refractivity contribution >= 4 is 21.9 Å². The molecule has 0 saturated heterocycles. The number of hydrogen-bond acceptors (Lipinski definition) is 6. The Bertz CT molecular complexity index is 737. The third-order valence-electron chi connectivity index (χ3n) is 2.90. The predicted octanol–water partition coefficient (Wildman–Crippen LogP) is -0.0940. The van der Waals surface area contributed by atoms with Crippen LogP contribution in [0.5, 0.6) is 0 Å². The predicted molar refractivity (Wildman–Crippen MR) is 90.2 cm³/mol. The molecule has 0 bridgehead atoms. The van der Waals surface area contributed by atoms with Crippen LogP contribution in [0.1, 0.15) is 17.3 Å². The molecule has 136 valence electrons. The molecule has 0 heterocycles. The van der Waals surface area contributed by atoms with Crippen molar-refractivity contribution < 1.29 is 27.5 Å². The largest absolute Gasteiger partial charge is 0.452 e. The van der Waals surface area contributed by atoms with Crippen LogP contribution in [0.2, 0.25) is 0 Å². The molecule has 0 radical (unpaired) electrons. The van der Waals surface area contributed by atoms with Gasteiger partial charge in [-0.15, -0.1) is 6.42 Å². The van der Waals surface area contributed by atoms with Crippen molar-refractivity contribution in [2.45, 2.75) is 17.9 Å². The number of carbonyl (C=O) groups excluding carboxylic acids is 2. The maximum Gasteiger partial charge on any atom is 0.338 e. The van der Waals surface area contributed by atoms with Gasteiger partial charge < -0.3 is 14.8 Å². The van der Waals surface area contributed by atoms with E-state index in [9.17, 15) is 18.0 Å². The Balaban J connectivity index is 2.67. The molecule has 1 atom stereocenters. The number of terminal acetylenes is 1. The molecule has 0 aliphatic heterocycles. The van der Waals surface area contributed by atoms with Gasteiger partial charge >= 0.3 is 5.97 Å². The second-order valence-electron chi connectivity index (χ2n) is 5.06. The molecule has 0 spiro atoms. The van der Waals surface area contributed by atoms with Crippen molar-refractivity contribution in [3.63, 3.8) is 0 Å². The van der Waals surface area contributed by atoms with Gasteiger partial charge in [0.15, 0.2) is 6.61 Å².